The molecule has 0 aliphatic rings. The normalized spacial score (nSPS) is 11.5. The third-order valence-corrected chi connectivity index (χ3v) is 11.5. The van der Waals surface area contributed by atoms with Crippen LogP contribution in [0.1, 0.15) is 278 Å². The third-order valence-electron chi connectivity index (χ3n) is 11.5. The van der Waals surface area contributed by atoms with Crippen LogP contribution in [-0.4, -0.2) is 30.4 Å². The summed E-state index contributed by atoms with van der Waals surface area (Å²) in [5.41, 5.74) is 0. The van der Waals surface area contributed by atoms with Crippen molar-refractivity contribution in [3.05, 3.63) is 0 Å². The number of Topliss-reactive ketones (excluding diaryl/α,β-unsaturated/α-hetero) is 1. The smallest absolute Gasteiger partial charge is 0.306 e. The van der Waals surface area contributed by atoms with Crippen LogP contribution in [0.2, 0.25) is 0 Å². The van der Waals surface area contributed by atoms with Gasteiger partial charge in [0.25, 0.3) is 0 Å². The van der Waals surface area contributed by atoms with E-state index in [4.69, 9.17) is 9.47 Å². The maximum Gasteiger partial charge on any atom is 0.306 e. The lowest BCUT2D eigenvalue weighted by Crippen LogP contribution is -2.18. The van der Waals surface area contributed by atoms with Crippen molar-refractivity contribution in [2.24, 2.45) is 5.92 Å². The van der Waals surface area contributed by atoms with Gasteiger partial charge in [0.2, 0.25) is 0 Å². The summed E-state index contributed by atoms with van der Waals surface area (Å²) in [6, 6.07) is 0. The minimum Gasteiger partial charge on any atom is -0.466 e. The third kappa shape index (κ3) is 38.9. The van der Waals surface area contributed by atoms with Crippen LogP contribution < -0.4 is 0 Å². The standard InChI is InChI=1S/C49H94O5/c1-5-9-13-17-21-31-39-47(40-32-22-18-14-10-6-2)54-49(52)42-34-26-24-30-38-46(50)37-29-23-25-33-41-48(51)53-44-43-45(35-27-19-15-11-7-3)36-28-20-16-12-8-4/h45,47H,5-44H2,1-4H3. The zero-order valence-corrected chi connectivity index (χ0v) is 37.0. The molecular formula is C49H94O5. The van der Waals surface area contributed by atoms with Crippen LogP contribution in [0.15, 0.2) is 0 Å². The molecule has 0 aliphatic carbocycles. The molecule has 320 valence electrons. The molecule has 0 aromatic carbocycles. The molecule has 0 N–H and O–H groups in total. The monoisotopic (exact) mass is 763 g/mol. The summed E-state index contributed by atoms with van der Waals surface area (Å²) < 4.78 is 11.6. The lowest BCUT2D eigenvalue weighted by Gasteiger charge is -2.18. The quantitative estimate of drug-likeness (QED) is 0.0457. The number of carbonyl (C=O) groups excluding carboxylic acids is 3. The Hall–Kier alpha value is -1.39. The molecule has 54 heavy (non-hydrogen) atoms. The molecule has 0 atom stereocenters. The van der Waals surface area contributed by atoms with E-state index in [-0.39, 0.29) is 18.0 Å². The van der Waals surface area contributed by atoms with E-state index >= 15 is 0 Å². The van der Waals surface area contributed by atoms with Gasteiger partial charge in [-0.1, -0.05) is 195 Å². The summed E-state index contributed by atoms with van der Waals surface area (Å²) >= 11 is 0. The van der Waals surface area contributed by atoms with Gasteiger partial charge in [-0.25, -0.2) is 0 Å². The number of carbonyl (C=O) groups is 3. The van der Waals surface area contributed by atoms with E-state index in [0.717, 1.165) is 70.6 Å². The predicted molar refractivity (Wildman–Crippen MR) is 232 cm³/mol. The lowest BCUT2D eigenvalue weighted by molar-refractivity contribution is -0.150. The van der Waals surface area contributed by atoms with Gasteiger partial charge in [0.1, 0.15) is 11.9 Å². The number of unbranched alkanes of at least 4 members (excludes halogenated alkanes) is 24. The lowest BCUT2D eigenvalue weighted by atomic mass is 9.92. The van der Waals surface area contributed by atoms with E-state index < -0.39 is 0 Å². The van der Waals surface area contributed by atoms with Crippen molar-refractivity contribution in [3.63, 3.8) is 0 Å². The van der Waals surface area contributed by atoms with Crippen molar-refractivity contribution in [1.82, 2.24) is 0 Å². The van der Waals surface area contributed by atoms with E-state index in [1.165, 1.54) is 154 Å². The van der Waals surface area contributed by atoms with E-state index in [0.29, 0.717) is 44.0 Å². The Morgan fingerprint density at radius 3 is 1.11 bits per heavy atom. The molecule has 0 saturated carbocycles. The molecule has 0 saturated heterocycles. The van der Waals surface area contributed by atoms with Crippen LogP contribution in [0.25, 0.3) is 0 Å². The van der Waals surface area contributed by atoms with Crippen LogP contribution in [0.5, 0.6) is 0 Å². The topological polar surface area (TPSA) is 69.7 Å². The Balaban J connectivity index is 4.00. The summed E-state index contributed by atoms with van der Waals surface area (Å²) in [6.45, 7) is 9.62. The molecule has 5 heteroatoms. The summed E-state index contributed by atoms with van der Waals surface area (Å²) in [6.07, 6.45) is 44.0. The summed E-state index contributed by atoms with van der Waals surface area (Å²) in [5.74, 6) is 0.970. The molecule has 0 aromatic heterocycles. The largest absolute Gasteiger partial charge is 0.466 e. The number of hydrogen-bond donors (Lipinski definition) is 0. The molecule has 0 amide bonds. The van der Waals surface area contributed by atoms with Crippen LogP contribution in [0.4, 0.5) is 0 Å². The number of ether oxygens (including phenoxy) is 2. The maximum atomic E-state index is 12.7. The molecule has 0 aromatic rings. The first-order valence-electron chi connectivity index (χ1n) is 24.3. The molecule has 0 aliphatic heterocycles. The van der Waals surface area contributed by atoms with Gasteiger partial charge in [-0.3, -0.25) is 14.4 Å². The van der Waals surface area contributed by atoms with Crippen molar-refractivity contribution in [3.8, 4) is 0 Å². The van der Waals surface area contributed by atoms with Gasteiger partial charge in [0.05, 0.1) is 6.61 Å². The van der Waals surface area contributed by atoms with E-state index in [2.05, 4.69) is 27.7 Å². The second-order valence-electron chi connectivity index (χ2n) is 16.9. The first-order valence-corrected chi connectivity index (χ1v) is 24.3. The highest BCUT2D eigenvalue weighted by molar-refractivity contribution is 5.78. The van der Waals surface area contributed by atoms with Crippen LogP contribution in [-0.2, 0) is 23.9 Å². The Labute approximate surface area is 337 Å². The molecule has 0 spiro atoms. The zero-order valence-electron chi connectivity index (χ0n) is 37.0. The van der Waals surface area contributed by atoms with Gasteiger partial charge in [-0.05, 0) is 63.7 Å². The van der Waals surface area contributed by atoms with Crippen molar-refractivity contribution in [2.75, 3.05) is 6.61 Å². The number of hydrogen-bond acceptors (Lipinski definition) is 5. The van der Waals surface area contributed by atoms with Crippen molar-refractivity contribution in [1.29, 1.82) is 0 Å². The molecule has 0 bridgehead atoms. The molecule has 0 radical (unpaired) electrons. The predicted octanol–water partition coefficient (Wildman–Crippen LogP) is 15.9. The Morgan fingerprint density at radius 1 is 0.352 bits per heavy atom. The molecule has 0 unspecified atom stereocenters. The minimum absolute atomic E-state index is 0.0260. The fourth-order valence-electron chi connectivity index (χ4n) is 7.74. The highest BCUT2D eigenvalue weighted by Crippen LogP contribution is 2.23. The molecule has 0 fully saturated rings. The summed E-state index contributed by atoms with van der Waals surface area (Å²) in [7, 11) is 0. The average molecular weight is 763 g/mol. The highest BCUT2D eigenvalue weighted by atomic mass is 16.5. The SMILES string of the molecule is CCCCCCCCC(CCCCCCCC)OC(=O)CCCCCCC(=O)CCCCCCC(=O)OCCC(CCCCCCC)CCCCCCC. The van der Waals surface area contributed by atoms with Crippen molar-refractivity contribution >= 4 is 17.7 Å². The number of rotatable bonds is 44. The molecule has 0 heterocycles. The van der Waals surface area contributed by atoms with Crippen molar-refractivity contribution in [2.45, 2.75) is 284 Å². The minimum atomic E-state index is -0.0508. The fourth-order valence-corrected chi connectivity index (χ4v) is 7.74. The van der Waals surface area contributed by atoms with Crippen LogP contribution >= 0.6 is 0 Å². The Bertz CT molecular complexity index is 780. The van der Waals surface area contributed by atoms with Crippen LogP contribution in [0, 0.1) is 5.92 Å². The Kier molecular flexibility index (Phi) is 41.6. The number of ketones is 1. The fraction of sp³-hybridized carbons (Fsp3) is 0.939. The van der Waals surface area contributed by atoms with Gasteiger partial charge in [-0.15, -0.1) is 0 Å². The molecule has 0 rings (SSSR count). The van der Waals surface area contributed by atoms with Gasteiger partial charge in [0.15, 0.2) is 0 Å². The maximum absolute atomic E-state index is 12.7. The highest BCUT2D eigenvalue weighted by Gasteiger charge is 2.15. The van der Waals surface area contributed by atoms with Crippen LogP contribution in [0.3, 0.4) is 0 Å². The van der Waals surface area contributed by atoms with Gasteiger partial charge >= 0.3 is 11.9 Å². The van der Waals surface area contributed by atoms with Gasteiger partial charge in [-0.2, -0.15) is 0 Å². The van der Waals surface area contributed by atoms with E-state index in [1.54, 1.807) is 0 Å². The summed E-state index contributed by atoms with van der Waals surface area (Å²) in [5, 5.41) is 0. The zero-order chi connectivity index (χ0) is 39.6. The Morgan fingerprint density at radius 2 is 0.685 bits per heavy atom. The van der Waals surface area contributed by atoms with Crippen molar-refractivity contribution < 1.29 is 23.9 Å². The van der Waals surface area contributed by atoms with Gasteiger partial charge < -0.3 is 9.47 Å². The van der Waals surface area contributed by atoms with E-state index in [1.807, 2.05) is 0 Å². The molecule has 5 nitrogen and oxygen atoms in total. The first kappa shape index (κ1) is 52.6. The second kappa shape index (κ2) is 42.7. The second-order valence-corrected chi connectivity index (χ2v) is 16.9. The number of esters is 2. The average Bonchev–Trinajstić information content (AvgIpc) is 3.16. The molecular weight excluding hydrogens is 669 g/mol. The summed E-state index contributed by atoms with van der Waals surface area (Å²) in [4.78, 5) is 37.4. The van der Waals surface area contributed by atoms with Gasteiger partial charge in [0, 0.05) is 25.7 Å². The van der Waals surface area contributed by atoms with E-state index in [9.17, 15) is 14.4 Å². The first-order chi connectivity index (χ1) is 26.5.